The van der Waals surface area contributed by atoms with E-state index in [4.69, 9.17) is 4.42 Å². The molecule has 8 nitrogen and oxygen atoms in total. The first-order valence-electron chi connectivity index (χ1n) is 13.7. The fraction of sp³-hybridized carbons (Fsp3) is 0.375. The SMILES string of the molecule is Cc1ccc2cc(C(c3nnnn3C(C)(C)C)N(Cc3ccc(C(C)(C)C)cc3)Cc3ccco3)c(=O)[nH]c2c1. The molecule has 0 radical (unpaired) electrons. The largest absolute Gasteiger partial charge is 0.468 e. The Bertz CT molecular complexity index is 1650. The molecule has 5 rings (SSSR count). The summed E-state index contributed by atoms with van der Waals surface area (Å²) < 4.78 is 7.61. The number of nitrogens with one attached hydrogen (secondary N) is 1. The van der Waals surface area contributed by atoms with Crippen molar-refractivity contribution in [2.45, 2.75) is 78.6 Å². The first-order valence-corrected chi connectivity index (χ1v) is 13.7. The van der Waals surface area contributed by atoms with Crippen LogP contribution in [0, 0.1) is 6.92 Å². The molecule has 0 aliphatic carbocycles. The highest BCUT2D eigenvalue weighted by molar-refractivity contribution is 5.79. The van der Waals surface area contributed by atoms with Crippen molar-refractivity contribution in [3.05, 3.63) is 111 Å². The third-order valence-electron chi connectivity index (χ3n) is 7.21. The van der Waals surface area contributed by atoms with Crippen molar-refractivity contribution in [1.29, 1.82) is 0 Å². The van der Waals surface area contributed by atoms with Crippen LogP contribution in [0.4, 0.5) is 0 Å². The number of furan rings is 1. The Labute approximate surface area is 235 Å². The molecule has 8 heteroatoms. The van der Waals surface area contributed by atoms with E-state index in [9.17, 15) is 4.79 Å². The average Bonchev–Trinajstić information content (AvgIpc) is 3.57. The number of aromatic nitrogens is 5. The van der Waals surface area contributed by atoms with Gasteiger partial charge in [0.2, 0.25) is 0 Å². The Kier molecular flexibility index (Phi) is 7.23. The molecule has 208 valence electrons. The lowest BCUT2D eigenvalue weighted by Crippen LogP contribution is -2.37. The summed E-state index contributed by atoms with van der Waals surface area (Å²) in [5, 5.41) is 13.9. The fourth-order valence-electron chi connectivity index (χ4n) is 5.06. The molecule has 0 amide bonds. The van der Waals surface area contributed by atoms with Gasteiger partial charge in [-0.25, -0.2) is 4.68 Å². The van der Waals surface area contributed by atoms with Crippen molar-refractivity contribution in [2.75, 3.05) is 0 Å². The number of nitrogens with zero attached hydrogens (tertiary/aromatic N) is 5. The van der Waals surface area contributed by atoms with E-state index in [0.717, 1.165) is 27.8 Å². The smallest absolute Gasteiger partial charge is 0.253 e. The Morgan fingerprint density at radius 3 is 2.38 bits per heavy atom. The molecule has 0 aliphatic rings. The molecule has 1 atom stereocenters. The van der Waals surface area contributed by atoms with E-state index in [0.29, 0.717) is 24.5 Å². The van der Waals surface area contributed by atoms with Crippen LogP contribution in [0.15, 0.2) is 76.1 Å². The van der Waals surface area contributed by atoms with Crippen LogP contribution in [0.3, 0.4) is 0 Å². The molecule has 0 saturated carbocycles. The summed E-state index contributed by atoms with van der Waals surface area (Å²) in [6.45, 7) is 15.8. The maximum atomic E-state index is 13.8. The molecule has 1 unspecified atom stereocenters. The lowest BCUT2D eigenvalue weighted by Gasteiger charge is -2.32. The molecule has 40 heavy (non-hydrogen) atoms. The van der Waals surface area contributed by atoms with E-state index in [1.165, 1.54) is 5.56 Å². The zero-order valence-corrected chi connectivity index (χ0v) is 24.4. The molecular weight excluding hydrogens is 500 g/mol. The van der Waals surface area contributed by atoms with Gasteiger partial charge in [-0.05, 0) is 89.9 Å². The molecule has 0 aliphatic heterocycles. The lowest BCUT2D eigenvalue weighted by atomic mass is 9.86. The summed E-state index contributed by atoms with van der Waals surface area (Å²) in [6.07, 6.45) is 1.67. The number of aryl methyl sites for hydroxylation is 1. The van der Waals surface area contributed by atoms with Crippen LogP contribution >= 0.6 is 0 Å². The number of fused-ring (bicyclic) bond motifs is 1. The van der Waals surface area contributed by atoms with Crippen LogP contribution < -0.4 is 5.56 Å². The molecule has 3 aromatic heterocycles. The van der Waals surface area contributed by atoms with E-state index < -0.39 is 11.6 Å². The Balaban J connectivity index is 1.69. The quantitative estimate of drug-likeness (QED) is 0.263. The number of tetrazole rings is 1. The summed E-state index contributed by atoms with van der Waals surface area (Å²) in [5.41, 5.74) is 4.34. The molecule has 0 bridgehead atoms. The van der Waals surface area contributed by atoms with E-state index >= 15 is 0 Å². The van der Waals surface area contributed by atoms with Gasteiger partial charge in [-0.3, -0.25) is 9.69 Å². The lowest BCUT2D eigenvalue weighted by molar-refractivity contribution is 0.171. The third kappa shape index (κ3) is 5.77. The predicted molar refractivity (Wildman–Crippen MR) is 157 cm³/mol. The van der Waals surface area contributed by atoms with E-state index in [1.54, 1.807) is 6.26 Å². The number of hydrogen-bond acceptors (Lipinski definition) is 6. The second kappa shape index (κ2) is 10.5. The van der Waals surface area contributed by atoms with Crippen LogP contribution in [0.25, 0.3) is 10.9 Å². The van der Waals surface area contributed by atoms with Gasteiger partial charge in [0.25, 0.3) is 5.56 Å². The molecule has 1 N–H and O–H groups in total. The molecule has 0 spiro atoms. The minimum absolute atomic E-state index is 0.0560. The minimum Gasteiger partial charge on any atom is -0.468 e. The zero-order valence-electron chi connectivity index (χ0n) is 24.4. The van der Waals surface area contributed by atoms with Crippen LogP contribution in [0.2, 0.25) is 0 Å². The number of pyridine rings is 1. The second-order valence-corrected chi connectivity index (χ2v) is 12.6. The third-order valence-corrected chi connectivity index (χ3v) is 7.21. The second-order valence-electron chi connectivity index (χ2n) is 12.6. The van der Waals surface area contributed by atoms with Crippen molar-refractivity contribution < 1.29 is 4.42 Å². The number of rotatable bonds is 7. The van der Waals surface area contributed by atoms with Gasteiger partial charge in [0.1, 0.15) is 11.8 Å². The Morgan fingerprint density at radius 2 is 1.73 bits per heavy atom. The highest BCUT2D eigenvalue weighted by Crippen LogP contribution is 2.32. The van der Waals surface area contributed by atoms with Gasteiger partial charge in [-0.15, -0.1) is 5.10 Å². The number of benzene rings is 2. The summed E-state index contributed by atoms with van der Waals surface area (Å²) in [5.74, 6) is 1.39. The van der Waals surface area contributed by atoms with Crippen molar-refractivity contribution in [3.63, 3.8) is 0 Å². The number of hydrogen-bond donors (Lipinski definition) is 1. The Morgan fingerprint density at radius 1 is 0.975 bits per heavy atom. The fourth-order valence-corrected chi connectivity index (χ4v) is 5.06. The van der Waals surface area contributed by atoms with Gasteiger partial charge >= 0.3 is 0 Å². The van der Waals surface area contributed by atoms with Crippen LogP contribution in [0.5, 0.6) is 0 Å². The first kappa shape index (κ1) is 27.5. The highest BCUT2D eigenvalue weighted by atomic mass is 16.3. The first-order chi connectivity index (χ1) is 18.9. The van der Waals surface area contributed by atoms with Gasteiger partial charge < -0.3 is 9.40 Å². The predicted octanol–water partition coefficient (Wildman–Crippen LogP) is 6.26. The molecular formula is C32H38N6O2. The standard InChI is InChI=1S/C32H38N6O2/c1-21-10-13-23-18-26(30(39)33-27(23)17-21)28(29-34-35-36-38(29)32(5,6)7)37(20-25-9-8-16-40-25)19-22-11-14-24(15-12-22)31(2,3)4/h8-18,28H,19-20H2,1-7H3,(H,33,39). The highest BCUT2D eigenvalue weighted by Gasteiger charge is 2.34. The van der Waals surface area contributed by atoms with Crippen molar-refractivity contribution >= 4 is 10.9 Å². The minimum atomic E-state index is -0.545. The maximum absolute atomic E-state index is 13.8. The molecule has 2 aromatic carbocycles. The average molecular weight is 539 g/mol. The topological polar surface area (TPSA) is 92.8 Å². The molecule has 5 aromatic rings. The molecule has 0 fully saturated rings. The summed E-state index contributed by atoms with van der Waals surface area (Å²) in [6, 6.07) is 20.0. The van der Waals surface area contributed by atoms with Crippen molar-refractivity contribution in [1.82, 2.24) is 30.1 Å². The van der Waals surface area contributed by atoms with Gasteiger partial charge in [0, 0.05) is 17.6 Å². The van der Waals surface area contributed by atoms with Gasteiger partial charge in [-0.2, -0.15) is 0 Å². The number of H-pyrrole nitrogens is 1. The Hall–Kier alpha value is -4.04. The van der Waals surface area contributed by atoms with Crippen LogP contribution in [0.1, 0.15) is 81.4 Å². The normalized spacial score (nSPS) is 13.3. The zero-order chi connectivity index (χ0) is 28.7. The molecule has 3 heterocycles. The maximum Gasteiger partial charge on any atom is 0.253 e. The van der Waals surface area contributed by atoms with Crippen LogP contribution in [-0.4, -0.2) is 30.1 Å². The van der Waals surface area contributed by atoms with Gasteiger partial charge in [0.05, 0.1) is 18.3 Å². The van der Waals surface area contributed by atoms with Crippen LogP contribution in [-0.2, 0) is 24.0 Å². The van der Waals surface area contributed by atoms with E-state index in [1.807, 2.05) is 41.9 Å². The summed E-state index contributed by atoms with van der Waals surface area (Å²) in [4.78, 5) is 19.1. The van der Waals surface area contributed by atoms with Crippen molar-refractivity contribution in [3.8, 4) is 0 Å². The van der Waals surface area contributed by atoms with E-state index in [2.05, 4.69) is 97.3 Å². The van der Waals surface area contributed by atoms with E-state index in [-0.39, 0.29) is 11.0 Å². The molecule has 0 saturated heterocycles. The van der Waals surface area contributed by atoms with Gasteiger partial charge in [-0.1, -0.05) is 57.2 Å². The monoisotopic (exact) mass is 538 g/mol. The summed E-state index contributed by atoms with van der Waals surface area (Å²) >= 11 is 0. The summed E-state index contributed by atoms with van der Waals surface area (Å²) in [7, 11) is 0. The van der Waals surface area contributed by atoms with Gasteiger partial charge in [0.15, 0.2) is 5.82 Å². The van der Waals surface area contributed by atoms with Crippen molar-refractivity contribution in [2.24, 2.45) is 0 Å². The number of aromatic amines is 1.